The Morgan fingerprint density at radius 2 is 1.43 bits per heavy atom. The summed E-state index contributed by atoms with van der Waals surface area (Å²) in [6, 6.07) is 8.06. The predicted molar refractivity (Wildman–Crippen MR) is 87.2 cm³/mol. The van der Waals surface area contributed by atoms with Crippen molar-refractivity contribution in [3.8, 4) is 0 Å². The number of aromatic carboxylic acids is 2. The molecule has 0 amide bonds. The Morgan fingerprint density at radius 1 is 0.913 bits per heavy atom. The molecule has 2 aromatic carbocycles. The lowest BCUT2D eigenvalue weighted by molar-refractivity contribution is 0.0686. The zero-order valence-electron chi connectivity index (χ0n) is 11.5. The normalized spacial score (nSPS) is 11.3. The van der Waals surface area contributed by atoms with E-state index < -0.39 is 11.9 Å². The van der Waals surface area contributed by atoms with Gasteiger partial charge in [0.1, 0.15) is 5.84 Å². The number of rotatable bonds is 4. The van der Waals surface area contributed by atoms with Gasteiger partial charge in [-0.05, 0) is 36.4 Å². The molecule has 0 aliphatic heterocycles. The number of hydrogen-bond donors (Lipinski definition) is 3. The number of carboxylic acid groups (broad SMARTS) is 2. The van der Waals surface area contributed by atoms with Gasteiger partial charge in [0.15, 0.2) is 0 Å². The molecule has 0 saturated carbocycles. The number of nitrogens with zero attached hydrogens (tertiary/aromatic N) is 1. The summed E-state index contributed by atoms with van der Waals surface area (Å²) in [6.45, 7) is 0. The second-order valence-electron chi connectivity index (χ2n) is 4.47. The predicted octanol–water partition coefficient (Wildman–Crippen LogP) is 3.43. The molecule has 0 fully saturated rings. The first-order valence-electron chi connectivity index (χ1n) is 6.20. The fourth-order valence-electron chi connectivity index (χ4n) is 1.78. The van der Waals surface area contributed by atoms with Gasteiger partial charge in [-0.15, -0.1) is 0 Å². The first kappa shape index (κ1) is 16.8. The lowest BCUT2D eigenvalue weighted by Crippen LogP contribution is -2.14. The van der Waals surface area contributed by atoms with E-state index in [0.717, 1.165) is 0 Å². The summed E-state index contributed by atoms with van der Waals surface area (Å²) in [5, 5.41) is 18.0. The van der Waals surface area contributed by atoms with Gasteiger partial charge < -0.3 is 15.9 Å². The Bertz CT molecular complexity index is 834. The monoisotopic (exact) mass is 352 g/mol. The molecule has 0 aromatic heterocycles. The van der Waals surface area contributed by atoms with Crippen molar-refractivity contribution in [2.45, 2.75) is 0 Å². The smallest absolute Gasteiger partial charge is 0.335 e. The summed E-state index contributed by atoms with van der Waals surface area (Å²) in [4.78, 5) is 25.8. The minimum atomic E-state index is -1.11. The van der Waals surface area contributed by atoms with Gasteiger partial charge in [0.25, 0.3) is 0 Å². The second-order valence-corrected chi connectivity index (χ2v) is 5.28. The fourth-order valence-corrected chi connectivity index (χ4v) is 2.28. The molecule has 23 heavy (non-hydrogen) atoms. The number of carbonyl (C=O) groups is 2. The van der Waals surface area contributed by atoms with E-state index in [1.807, 2.05) is 0 Å². The number of hydrogen-bond acceptors (Lipinski definition) is 3. The quantitative estimate of drug-likeness (QED) is 0.576. The third-order valence-corrected chi connectivity index (χ3v) is 3.54. The molecule has 0 aliphatic carbocycles. The van der Waals surface area contributed by atoms with Gasteiger partial charge in [-0.1, -0.05) is 23.2 Å². The molecule has 0 bridgehead atoms. The molecule has 0 heterocycles. The Morgan fingerprint density at radius 3 is 1.91 bits per heavy atom. The van der Waals surface area contributed by atoms with Crippen LogP contribution in [0.5, 0.6) is 0 Å². The van der Waals surface area contributed by atoms with Crippen LogP contribution in [0.3, 0.4) is 0 Å². The second kappa shape index (κ2) is 6.68. The van der Waals surface area contributed by atoms with Crippen LogP contribution >= 0.6 is 23.2 Å². The molecular formula is C15H10Cl2N2O4. The molecule has 6 nitrogen and oxygen atoms in total. The van der Waals surface area contributed by atoms with E-state index in [0.29, 0.717) is 5.56 Å². The van der Waals surface area contributed by atoms with Crippen LogP contribution in [0.2, 0.25) is 10.0 Å². The van der Waals surface area contributed by atoms with Crippen LogP contribution in [0.15, 0.2) is 41.4 Å². The van der Waals surface area contributed by atoms with Crippen molar-refractivity contribution in [1.82, 2.24) is 0 Å². The van der Waals surface area contributed by atoms with Gasteiger partial charge in [-0.25, -0.2) is 14.6 Å². The average Bonchev–Trinajstić information content (AvgIpc) is 2.48. The lowest BCUT2D eigenvalue weighted by atomic mass is 10.1. The molecule has 0 spiro atoms. The van der Waals surface area contributed by atoms with E-state index in [9.17, 15) is 9.59 Å². The van der Waals surface area contributed by atoms with Gasteiger partial charge >= 0.3 is 11.9 Å². The Hall–Kier alpha value is -2.57. The van der Waals surface area contributed by atoms with Crippen molar-refractivity contribution in [3.63, 3.8) is 0 Å². The summed E-state index contributed by atoms with van der Waals surface area (Å²) in [5.74, 6) is -2.19. The number of amidine groups is 1. The Labute approximate surface area is 140 Å². The van der Waals surface area contributed by atoms with Gasteiger partial charge in [0.05, 0.1) is 26.9 Å². The van der Waals surface area contributed by atoms with Crippen LogP contribution in [0.25, 0.3) is 0 Å². The van der Waals surface area contributed by atoms with Crippen LogP contribution in [-0.4, -0.2) is 28.0 Å². The van der Waals surface area contributed by atoms with E-state index in [4.69, 9.17) is 39.1 Å². The highest BCUT2D eigenvalue weighted by atomic mass is 35.5. The minimum absolute atomic E-state index is 0.0235. The molecule has 8 heteroatoms. The van der Waals surface area contributed by atoms with Gasteiger partial charge in [-0.2, -0.15) is 0 Å². The van der Waals surface area contributed by atoms with Crippen molar-refractivity contribution in [1.29, 1.82) is 0 Å². The number of nitrogens with two attached hydrogens (primary N) is 1. The highest BCUT2D eigenvalue weighted by Crippen LogP contribution is 2.27. The third kappa shape index (κ3) is 3.80. The van der Waals surface area contributed by atoms with E-state index >= 15 is 0 Å². The van der Waals surface area contributed by atoms with Crippen LogP contribution < -0.4 is 5.73 Å². The zero-order valence-corrected chi connectivity index (χ0v) is 13.0. The molecule has 0 unspecified atom stereocenters. The molecule has 0 saturated heterocycles. The summed E-state index contributed by atoms with van der Waals surface area (Å²) in [5.41, 5.74) is 6.53. The fraction of sp³-hybridized carbons (Fsp3) is 0. The Kier molecular flexibility index (Phi) is 4.88. The van der Waals surface area contributed by atoms with Crippen LogP contribution in [0, 0.1) is 0 Å². The van der Waals surface area contributed by atoms with Gasteiger partial charge in [-0.3, -0.25) is 0 Å². The molecule has 0 radical (unpaired) electrons. The first-order chi connectivity index (χ1) is 10.8. The summed E-state index contributed by atoms with van der Waals surface area (Å²) in [6.07, 6.45) is 0. The SMILES string of the molecule is NC(=Nc1ccc(C(=O)O)cc1Cl)c1ccc(C(=O)O)cc1Cl. The van der Waals surface area contributed by atoms with Crippen LogP contribution in [-0.2, 0) is 0 Å². The molecule has 0 aliphatic rings. The van der Waals surface area contributed by atoms with Crippen molar-refractivity contribution in [2.24, 2.45) is 10.7 Å². The first-order valence-corrected chi connectivity index (χ1v) is 6.95. The summed E-state index contributed by atoms with van der Waals surface area (Å²) < 4.78 is 0. The summed E-state index contributed by atoms with van der Waals surface area (Å²) >= 11 is 12.0. The third-order valence-electron chi connectivity index (χ3n) is 2.93. The van der Waals surface area contributed by atoms with E-state index in [2.05, 4.69) is 4.99 Å². The number of carboxylic acids is 2. The van der Waals surface area contributed by atoms with E-state index in [1.54, 1.807) is 0 Å². The highest BCUT2D eigenvalue weighted by molar-refractivity contribution is 6.35. The largest absolute Gasteiger partial charge is 0.478 e. The van der Waals surface area contributed by atoms with Crippen molar-refractivity contribution in [3.05, 3.63) is 63.1 Å². The van der Waals surface area contributed by atoms with Crippen LogP contribution in [0.4, 0.5) is 5.69 Å². The maximum Gasteiger partial charge on any atom is 0.335 e. The van der Waals surface area contributed by atoms with Crippen molar-refractivity contribution >= 4 is 46.7 Å². The number of halogens is 2. The van der Waals surface area contributed by atoms with E-state index in [1.165, 1.54) is 36.4 Å². The van der Waals surface area contributed by atoms with Crippen molar-refractivity contribution < 1.29 is 19.8 Å². The zero-order chi connectivity index (χ0) is 17.1. The maximum atomic E-state index is 10.9. The van der Waals surface area contributed by atoms with Gasteiger partial charge in [0.2, 0.25) is 0 Å². The Balaban J connectivity index is 2.40. The van der Waals surface area contributed by atoms with E-state index in [-0.39, 0.29) is 32.7 Å². The number of aliphatic imine (C=N–C) groups is 1. The highest BCUT2D eigenvalue weighted by Gasteiger charge is 2.11. The van der Waals surface area contributed by atoms with Crippen LogP contribution in [0.1, 0.15) is 26.3 Å². The lowest BCUT2D eigenvalue weighted by Gasteiger charge is -2.06. The molecule has 118 valence electrons. The van der Waals surface area contributed by atoms with Gasteiger partial charge in [0, 0.05) is 5.56 Å². The molecule has 2 aromatic rings. The standard InChI is InChI=1S/C15H10Cl2N2O4/c16-10-5-7(14(20)21)1-3-9(10)13(18)19-12-4-2-8(15(22)23)6-11(12)17/h1-6H,(H2,18,19)(H,20,21)(H,22,23). The molecule has 4 N–H and O–H groups in total. The van der Waals surface area contributed by atoms with Crippen molar-refractivity contribution in [2.75, 3.05) is 0 Å². The summed E-state index contributed by atoms with van der Waals surface area (Å²) in [7, 11) is 0. The number of benzene rings is 2. The molecule has 0 atom stereocenters. The topological polar surface area (TPSA) is 113 Å². The average molecular weight is 353 g/mol. The maximum absolute atomic E-state index is 10.9. The minimum Gasteiger partial charge on any atom is -0.478 e. The molecular weight excluding hydrogens is 343 g/mol. The molecule has 2 rings (SSSR count).